The van der Waals surface area contributed by atoms with Crippen LogP contribution in [0.15, 0.2) is 48.5 Å². The van der Waals surface area contributed by atoms with Gasteiger partial charge in [0.25, 0.3) is 0 Å². The zero-order chi connectivity index (χ0) is 21.6. The second-order valence-electron chi connectivity index (χ2n) is 8.39. The summed E-state index contributed by atoms with van der Waals surface area (Å²) in [7, 11) is 0. The van der Waals surface area contributed by atoms with E-state index in [1.54, 1.807) is 0 Å². The molecule has 2 saturated heterocycles. The summed E-state index contributed by atoms with van der Waals surface area (Å²) in [6.45, 7) is 4.04. The second-order valence-corrected chi connectivity index (χ2v) is 8.39. The molecule has 2 heterocycles. The molecule has 2 N–H and O–H groups in total. The number of carbonyl (C=O) groups is 2. The lowest BCUT2D eigenvalue weighted by Gasteiger charge is -2.32. The Labute approximate surface area is 182 Å². The molecule has 7 heteroatoms. The lowest BCUT2D eigenvalue weighted by atomic mass is 10.0. The third-order valence-corrected chi connectivity index (χ3v) is 6.00. The molecule has 0 aliphatic carbocycles. The van der Waals surface area contributed by atoms with E-state index in [1.807, 2.05) is 41.3 Å². The molecular weight excluding hydrogens is 395 g/mol. The molecular formula is C24H29FN4O2. The topological polar surface area (TPSA) is 64.7 Å². The highest BCUT2D eigenvalue weighted by atomic mass is 19.1. The maximum atomic E-state index is 13.0. The van der Waals surface area contributed by atoms with Crippen LogP contribution in [-0.4, -0.2) is 47.4 Å². The van der Waals surface area contributed by atoms with Crippen molar-refractivity contribution in [3.63, 3.8) is 0 Å². The fourth-order valence-corrected chi connectivity index (χ4v) is 4.22. The first kappa shape index (κ1) is 21.3. The summed E-state index contributed by atoms with van der Waals surface area (Å²) >= 11 is 0. The van der Waals surface area contributed by atoms with E-state index >= 15 is 0 Å². The highest BCUT2D eigenvalue weighted by molar-refractivity contribution is 5.89. The molecule has 0 unspecified atom stereocenters. The van der Waals surface area contributed by atoms with Gasteiger partial charge in [-0.1, -0.05) is 24.3 Å². The normalized spacial score (nSPS) is 17.7. The number of carbonyl (C=O) groups excluding carboxylic acids is 2. The number of likely N-dealkylation sites (tertiary alicyclic amines) is 2. The number of nitrogens with one attached hydrogen (secondary N) is 2. The monoisotopic (exact) mass is 424 g/mol. The van der Waals surface area contributed by atoms with Crippen molar-refractivity contribution in [3.05, 3.63) is 65.5 Å². The van der Waals surface area contributed by atoms with Crippen LogP contribution in [0.1, 0.15) is 36.8 Å². The van der Waals surface area contributed by atoms with Gasteiger partial charge in [0.1, 0.15) is 5.82 Å². The summed E-state index contributed by atoms with van der Waals surface area (Å²) in [6.07, 6.45) is 3.35. The molecule has 31 heavy (non-hydrogen) atoms. The lowest BCUT2D eigenvalue weighted by molar-refractivity contribution is -0.128. The van der Waals surface area contributed by atoms with E-state index in [0.29, 0.717) is 13.0 Å². The van der Waals surface area contributed by atoms with Gasteiger partial charge in [-0.2, -0.15) is 0 Å². The molecule has 2 aromatic rings. The van der Waals surface area contributed by atoms with E-state index in [1.165, 1.54) is 12.1 Å². The van der Waals surface area contributed by atoms with Gasteiger partial charge in [0, 0.05) is 50.9 Å². The molecule has 0 atom stereocenters. The van der Waals surface area contributed by atoms with Crippen LogP contribution < -0.4 is 10.6 Å². The molecule has 2 aliphatic heterocycles. The number of piperidine rings is 1. The van der Waals surface area contributed by atoms with Gasteiger partial charge in [-0.25, -0.2) is 9.18 Å². The highest BCUT2D eigenvalue weighted by Crippen LogP contribution is 2.17. The van der Waals surface area contributed by atoms with Crippen LogP contribution >= 0.6 is 0 Å². The molecule has 0 saturated carbocycles. The minimum atomic E-state index is -0.214. The maximum Gasteiger partial charge on any atom is 0.319 e. The Morgan fingerprint density at radius 2 is 1.58 bits per heavy atom. The summed E-state index contributed by atoms with van der Waals surface area (Å²) in [4.78, 5) is 28.3. The molecule has 164 valence electrons. The van der Waals surface area contributed by atoms with Gasteiger partial charge in [-0.3, -0.25) is 9.69 Å². The van der Waals surface area contributed by atoms with Crippen LogP contribution in [0.4, 0.5) is 14.9 Å². The fraction of sp³-hybridized carbons (Fsp3) is 0.417. The Hall–Kier alpha value is -2.93. The van der Waals surface area contributed by atoms with Gasteiger partial charge < -0.3 is 15.5 Å². The molecule has 6 nitrogen and oxygen atoms in total. The summed E-state index contributed by atoms with van der Waals surface area (Å²) in [5.41, 5.74) is 2.90. The second kappa shape index (κ2) is 9.92. The van der Waals surface area contributed by atoms with Gasteiger partial charge >= 0.3 is 6.03 Å². The zero-order valence-corrected chi connectivity index (χ0v) is 17.6. The number of halogens is 1. The van der Waals surface area contributed by atoms with Crippen molar-refractivity contribution in [1.82, 2.24) is 15.1 Å². The Morgan fingerprint density at radius 1 is 0.935 bits per heavy atom. The number of hydrogen-bond donors (Lipinski definition) is 2. The smallest absolute Gasteiger partial charge is 0.319 e. The summed E-state index contributed by atoms with van der Waals surface area (Å²) < 4.78 is 13.0. The van der Waals surface area contributed by atoms with E-state index in [0.717, 1.165) is 62.3 Å². The molecule has 0 aromatic heterocycles. The molecule has 2 aliphatic rings. The first-order valence-corrected chi connectivity index (χ1v) is 11.0. The minimum Gasteiger partial charge on any atom is -0.338 e. The number of benzene rings is 2. The number of amides is 3. The van der Waals surface area contributed by atoms with Crippen molar-refractivity contribution >= 4 is 17.6 Å². The van der Waals surface area contributed by atoms with Crippen molar-refractivity contribution in [2.45, 2.75) is 44.8 Å². The van der Waals surface area contributed by atoms with Crippen molar-refractivity contribution in [3.8, 4) is 0 Å². The molecule has 0 bridgehead atoms. The Bertz CT molecular complexity index is 893. The van der Waals surface area contributed by atoms with E-state index in [4.69, 9.17) is 0 Å². The number of anilines is 1. The Morgan fingerprint density at radius 3 is 2.23 bits per heavy atom. The van der Waals surface area contributed by atoms with E-state index in [2.05, 4.69) is 15.5 Å². The third-order valence-electron chi connectivity index (χ3n) is 6.00. The summed E-state index contributed by atoms with van der Waals surface area (Å²) in [5, 5.41) is 5.95. The molecule has 2 fully saturated rings. The Kier molecular flexibility index (Phi) is 6.82. The van der Waals surface area contributed by atoms with Crippen LogP contribution in [0.2, 0.25) is 0 Å². The third kappa shape index (κ3) is 6.04. The van der Waals surface area contributed by atoms with Crippen molar-refractivity contribution in [2.75, 3.05) is 25.0 Å². The van der Waals surface area contributed by atoms with E-state index < -0.39 is 0 Å². The van der Waals surface area contributed by atoms with Crippen LogP contribution in [-0.2, 0) is 17.9 Å². The largest absolute Gasteiger partial charge is 0.338 e. The van der Waals surface area contributed by atoms with Gasteiger partial charge in [-0.15, -0.1) is 0 Å². The van der Waals surface area contributed by atoms with Gasteiger partial charge in [0.2, 0.25) is 5.91 Å². The maximum absolute atomic E-state index is 13.0. The van der Waals surface area contributed by atoms with Crippen LogP contribution in [0.25, 0.3) is 0 Å². The first-order valence-electron chi connectivity index (χ1n) is 11.0. The quantitative estimate of drug-likeness (QED) is 0.743. The number of nitrogens with zero attached hydrogens (tertiary/aromatic N) is 2. The minimum absolute atomic E-state index is 0.143. The molecule has 3 amide bonds. The van der Waals surface area contributed by atoms with Crippen molar-refractivity contribution in [1.29, 1.82) is 0 Å². The number of urea groups is 1. The van der Waals surface area contributed by atoms with Gasteiger partial charge in [0.05, 0.1) is 0 Å². The summed E-state index contributed by atoms with van der Waals surface area (Å²) in [5.74, 6) is -0.000652. The predicted molar refractivity (Wildman–Crippen MR) is 118 cm³/mol. The van der Waals surface area contributed by atoms with Crippen molar-refractivity contribution in [2.24, 2.45) is 0 Å². The standard InChI is InChI=1S/C24H29FN4O2/c25-20-7-3-18(4-8-20)16-28-14-11-22(12-15-28)27-24(31)26-21-9-5-19(6-10-21)17-29-13-1-2-23(29)30/h3-10,22H,1-2,11-17H2,(H2,26,27,31). The van der Waals surface area contributed by atoms with Crippen molar-refractivity contribution < 1.29 is 14.0 Å². The van der Waals surface area contributed by atoms with Crippen LogP contribution in [0, 0.1) is 5.82 Å². The van der Waals surface area contributed by atoms with Crippen LogP contribution in [0.5, 0.6) is 0 Å². The molecule has 2 aromatic carbocycles. The summed E-state index contributed by atoms with van der Waals surface area (Å²) in [6, 6.07) is 14.2. The highest BCUT2D eigenvalue weighted by Gasteiger charge is 2.21. The SMILES string of the molecule is O=C(Nc1ccc(CN2CCCC2=O)cc1)NC1CCN(Cc2ccc(F)cc2)CC1. The molecule has 4 rings (SSSR count). The number of hydrogen-bond acceptors (Lipinski definition) is 3. The lowest BCUT2D eigenvalue weighted by Crippen LogP contribution is -2.45. The fourth-order valence-electron chi connectivity index (χ4n) is 4.22. The average molecular weight is 425 g/mol. The first-order chi connectivity index (χ1) is 15.0. The van der Waals surface area contributed by atoms with E-state index in [-0.39, 0.29) is 23.8 Å². The van der Waals surface area contributed by atoms with Gasteiger partial charge in [-0.05, 0) is 54.7 Å². The average Bonchev–Trinajstić information content (AvgIpc) is 3.17. The van der Waals surface area contributed by atoms with Gasteiger partial charge in [0.15, 0.2) is 0 Å². The number of rotatable bonds is 6. The van der Waals surface area contributed by atoms with E-state index in [9.17, 15) is 14.0 Å². The predicted octanol–water partition coefficient (Wildman–Crippen LogP) is 3.73. The Balaban J connectivity index is 1.19. The van der Waals surface area contributed by atoms with Crippen LogP contribution in [0.3, 0.4) is 0 Å². The molecule has 0 spiro atoms. The molecule has 0 radical (unpaired) electrons. The zero-order valence-electron chi connectivity index (χ0n) is 17.6.